The minimum Gasteiger partial charge on any atom is -0.481 e. The largest absolute Gasteiger partial charge is 0.481 e. The Morgan fingerprint density at radius 2 is 1.76 bits per heavy atom. The molecule has 0 bridgehead atoms. The van der Waals surface area contributed by atoms with Crippen LogP contribution in [0.1, 0.15) is 46.5 Å². The van der Waals surface area contributed by atoms with Gasteiger partial charge in [-0.15, -0.1) is 0 Å². The predicted molar refractivity (Wildman–Crippen MR) is 76.8 cm³/mol. The molecule has 1 rings (SSSR count). The highest BCUT2D eigenvalue weighted by molar-refractivity contribution is 5.88. The molecule has 1 fully saturated rings. The van der Waals surface area contributed by atoms with Crippen LogP contribution >= 0.6 is 0 Å². The Morgan fingerprint density at radius 1 is 1.19 bits per heavy atom. The average Bonchev–Trinajstić information content (AvgIpc) is 2.42. The summed E-state index contributed by atoms with van der Waals surface area (Å²) in [5.74, 6) is -1.38. The first kappa shape index (κ1) is 17.6. The molecule has 1 aliphatic rings. The lowest BCUT2D eigenvalue weighted by molar-refractivity contribution is -0.144. The Bertz CT molecular complexity index is 386. The van der Waals surface area contributed by atoms with Gasteiger partial charge in [0.05, 0.1) is 18.1 Å². The van der Waals surface area contributed by atoms with E-state index in [1.54, 1.807) is 0 Å². The van der Waals surface area contributed by atoms with Crippen LogP contribution in [0.5, 0.6) is 0 Å². The maximum atomic E-state index is 11.8. The van der Waals surface area contributed by atoms with Crippen molar-refractivity contribution in [2.24, 2.45) is 11.8 Å². The summed E-state index contributed by atoms with van der Waals surface area (Å²) in [4.78, 5) is 34.0. The second kappa shape index (κ2) is 8.12. The maximum Gasteiger partial charge on any atom is 0.306 e. The highest BCUT2D eigenvalue weighted by Gasteiger charge is 2.27. The molecular formula is C15H25NO5. The number of carbonyl (C=O) groups excluding carboxylic acids is 2. The van der Waals surface area contributed by atoms with E-state index in [1.807, 2.05) is 13.8 Å². The van der Waals surface area contributed by atoms with Crippen LogP contribution in [-0.4, -0.2) is 41.5 Å². The SMILES string of the molecule is CC(=O)C(NC(=O)COC1CCC(C(=O)O)CC1)C(C)C. The third kappa shape index (κ3) is 5.83. The zero-order valence-electron chi connectivity index (χ0n) is 12.9. The van der Waals surface area contributed by atoms with Gasteiger partial charge in [-0.1, -0.05) is 13.8 Å². The molecule has 1 atom stereocenters. The van der Waals surface area contributed by atoms with Crippen molar-refractivity contribution in [3.8, 4) is 0 Å². The minimum atomic E-state index is -0.757. The van der Waals surface area contributed by atoms with Gasteiger partial charge in [0.1, 0.15) is 6.61 Å². The van der Waals surface area contributed by atoms with E-state index in [4.69, 9.17) is 9.84 Å². The molecule has 0 aromatic rings. The second-order valence-electron chi connectivity index (χ2n) is 6.02. The first-order valence-corrected chi connectivity index (χ1v) is 7.45. The summed E-state index contributed by atoms with van der Waals surface area (Å²) >= 11 is 0. The van der Waals surface area contributed by atoms with Crippen LogP contribution < -0.4 is 5.32 Å². The summed E-state index contributed by atoms with van der Waals surface area (Å²) in [6.45, 7) is 5.12. The number of rotatable bonds is 7. The third-order valence-electron chi connectivity index (χ3n) is 3.89. The van der Waals surface area contributed by atoms with E-state index in [1.165, 1.54) is 6.92 Å². The fraction of sp³-hybridized carbons (Fsp3) is 0.800. The van der Waals surface area contributed by atoms with Crippen molar-refractivity contribution in [3.05, 3.63) is 0 Å². The van der Waals surface area contributed by atoms with E-state index in [0.717, 1.165) is 0 Å². The Labute approximate surface area is 125 Å². The van der Waals surface area contributed by atoms with E-state index in [9.17, 15) is 14.4 Å². The lowest BCUT2D eigenvalue weighted by Crippen LogP contribution is -2.45. The number of ether oxygens (including phenoxy) is 1. The number of Topliss-reactive ketones (excluding diaryl/α,β-unsaturated/α-hetero) is 1. The van der Waals surface area contributed by atoms with Gasteiger partial charge >= 0.3 is 5.97 Å². The van der Waals surface area contributed by atoms with Crippen molar-refractivity contribution >= 4 is 17.7 Å². The Balaban J connectivity index is 2.31. The van der Waals surface area contributed by atoms with Crippen LogP contribution in [0.25, 0.3) is 0 Å². The van der Waals surface area contributed by atoms with E-state index in [2.05, 4.69) is 5.32 Å². The number of amides is 1. The highest BCUT2D eigenvalue weighted by Crippen LogP contribution is 2.26. The lowest BCUT2D eigenvalue weighted by atomic mass is 9.87. The van der Waals surface area contributed by atoms with Gasteiger partial charge in [-0.05, 0) is 38.5 Å². The molecule has 0 saturated heterocycles. The van der Waals surface area contributed by atoms with Gasteiger partial charge in [0.25, 0.3) is 0 Å². The molecule has 1 unspecified atom stereocenters. The molecule has 0 aromatic carbocycles. The van der Waals surface area contributed by atoms with Crippen LogP contribution in [0.3, 0.4) is 0 Å². The fourth-order valence-corrected chi connectivity index (χ4v) is 2.62. The molecule has 0 aromatic heterocycles. The molecular weight excluding hydrogens is 274 g/mol. The smallest absolute Gasteiger partial charge is 0.306 e. The molecule has 1 saturated carbocycles. The molecule has 1 aliphatic carbocycles. The number of hydrogen-bond donors (Lipinski definition) is 2. The Kier molecular flexibility index (Phi) is 6.81. The summed E-state index contributed by atoms with van der Waals surface area (Å²) < 4.78 is 5.52. The lowest BCUT2D eigenvalue weighted by Gasteiger charge is -2.26. The summed E-state index contributed by atoms with van der Waals surface area (Å²) in [6.07, 6.45) is 2.42. The van der Waals surface area contributed by atoms with Crippen LogP contribution in [0.15, 0.2) is 0 Å². The van der Waals surface area contributed by atoms with Crippen LogP contribution in [0, 0.1) is 11.8 Å². The van der Waals surface area contributed by atoms with Gasteiger partial charge in [-0.3, -0.25) is 14.4 Å². The molecule has 2 N–H and O–H groups in total. The van der Waals surface area contributed by atoms with Gasteiger partial charge in [0, 0.05) is 0 Å². The van der Waals surface area contributed by atoms with Crippen LogP contribution in [-0.2, 0) is 19.1 Å². The van der Waals surface area contributed by atoms with Gasteiger partial charge in [-0.2, -0.15) is 0 Å². The summed E-state index contributed by atoms with van der Waals surface area (Å²) in [5, 5.41) is 11.6. The molecule has 1 amide bonds. The molecule has 6 heteroatoms. The van der Waals surface area contributed by atoms with E-state index < -0.39 is 12.0 Å². The van der Waals surface area contributed by atoms with Crippen molar-refractivity contribution < 1.29 is 24.2 Å². The summed E-state index contributed by atoms with van der Waals surface area (Å²) in [7, 11) is 0. The van der Waals surface area contributed by atoms with Crippen molar-refractivity contribution in [1.29, 1.82) is 0 Å². The van der Waals surface area contributed by atoms with Crippen LogP contribution in [0.2, 0.25) is 0 Å². The first-order chi connectivity index (χ1) is 9.81. The summed E-state index contributed by atoms with van der Waals surface area (Å²) in [6, 6.07) is -0.483. The molecule has 6 nitrogen and oxygen atoms in total. The molecule has 120 valence electrons. The highest BCUT2D eigenvalue weighted by atomic mass is 16.5. The van der Waals surface area contributed by atoms with Gasteiger partial charge in [-0.25, -0.2) is 0 Å². The Morgan fingerprint density at radius 3 is 2.19 bits per heavy atom. The van der Waals surface area contributed by atoms with Crippen molar-refractivity contribution in [2.75, 3.05) is 6.61 Å². The zero-order valence-corrected chi connectivity index (χ0v) is 12.9. The minimum absolute atomic E-state index is 0.0393. The Hall–Kier alpha value is -1.43. The quantitative estimate of drug-likeness (QED) is 0.741. The number of carboxylic acids is 1. The van der Waals surface area contributed by atoms with Crippen molar-refractivity contribution in [1.82, 2.24) is 5.32 Å². The molecule has 0 radical (unpaired) electrons. The molecule has 21 heavy (non-hydrogen) atoms. The average molecular weight is 299 g/mol. The molecule has 0 spiro atoms. The van der Waals surface area contributed by atoms with E-state index in [0.29, 0.717) is 25.7 Å². The van der Waals surface area contributed by atoms with Crippen molar-refractivity contribution in [3.63, 3.8) is 0 Å². The topological polar surface area (TPSA) is 92.7 Å². The standard InChI is InChI=1S/C15H25NO5/c1-9(2)14(10(3)17)16-13(18)8-21-12-6-4-11(5-7-12)15(19)20/h9,11-12,14H,4-8H2,1-3H3,(H,16,18)(H,19,20). The monoisotopic (exact) mass is 299 g/mol. The van der Waals surface area contributed by atoms with E-state index >= 15 is 0 Å². The molecule has 0 heterocycles. The van der Waals surface area contributed by atoms with Gasteiger partial charge in [0.15, 0.2) is 5.78 Å². The number of ketones is 1. The van der Waals surface area contributed by atoms with Crippen LogP contribution in [0.4, 0.5) is 0 Å². The zero-order chi connectivity index (χ0) is 16.0. The number of hydrogen-bond acceptors (Lipinski definition) is 4. The predicted octanol–water partition coefficient (Wildman–Crippen LogP) is 1.38. The third-order valence-corrected chi connectivity index (χ3v) is 3.89. The summed E-state index contributed by atoms with van der Waals surface area (Å²) in [5.41, 5.74) is 0. The van der Waals surface area contributed by atoms with Gasteiger partial charge < -0.3 is 15.2 Å². The maximum absolute atomic E-state index is 11.8. The van der Waals surface area contributed by atoms with E-state index in [-0.39, 0.29) is 36.2 Å². The number of aliphatic carboxylic acids is 1. The first-order valence-electron chi connectivity index (χ1n) is 7.45. The number of carbonyl (C=O) groups is 3. The number of nitrogens with one attached hydrogen (secondary N) is 1. The normalized spacial score (nSPS) is 23.6. The molecule has 0 aliphatic heterocycles. The van der Waals surface area contributed by atoms with Gasteiger partial charge in [0.2, 0.25) is 5.91 Å². The fourth-order valence-electron chi connectivity index (χ4n) is 2.62. The van der Waals surface area contributed by atoms with Crippen molar-refractivity contribution in [2.45, 2.75) is 58.6 Å². The number of carboxylic acid groups (broad SMARTS) is 1. The second-order valence-corrected chi connectivity index (χ2v) is 6.02.